The molecule has 0 nitrogen and oxygen atoms in total. The van der Waals surface area contributed by atoms with E-state index < -0.39 is 0 Å². The number of halogens is 2. The first-order chi connectivity index (χ1) is 9.75. The lowest BCUT2D eigenvalue weighted by Gasteiger charge is -2.11. The molecule has 0 bridgehead atoms. The van der Waals surface area contributed by atoms with Crippen LogP contribution in [0.4, 0.5) is 0 Å². The molecule has 0 fully saturated rings. The monoisotopic (exact) mass is 384 g/mol. The number of fused-ring (bicyclic) bond motifs is 5. The molecule has 0 amide bonds. The molecule has 0 radical (unpaired) electrons. The summed E-state index contributed by atoms with van der Waals surface area (Å²) in [5.74, 6) is 0. The van der Waals surface area contributed by atoms with E-state index in [2.05, 4.69) is 92.5 Å². The van der Waals surface area contributed by atoms with Gasteiger partial charge in [0.2, 0.25) is 0 Å². The molecule has 96 valence electrons. The smallest absolute Gasteiger partial charge is 0.0260 e. The maximum Gasteiger partial charge on any atom is 0.0260 e. The van der Waals surface area contributed by atoms with Crippen molar-refractivity contribution >= 4 is 64.2 Å². The Balaban J connectivity index is 2.36. The van der Waals surface area contributed by atoms with E-state index in [-0.39, 0.29) is 0 Å². The minimum Gasteiger partial charge on any atom is -0.0616 e. The van der Waals surface area contributed by atoms with Crippen molar-refractivity contribution in [1.29, 1.82) is 0 Å². The fourth-order valence-corrected chi connectivity index (χ4v) is 4.01. The summed E-state index contributed by atoms with van der Waals surface area (Å²) in [7, 11) is 0. The summed E-state index contributed by atoms with van der Waals surface area (Å²) in [5, 5.41) is 7.64. The van der Waals surface area contributed by atoms with E-state index in [4.69, 9.17) is 0 Å². The van der Waals surface area contributed by atoms with Gasteiger partial charge in [-0.3, -0.25) is 0 Å². The third-order valence-corrected chi connectivity index (χ3v) is 5.09. The molecule has 0 aliphatic heterocycles. The summed E-state index contributed by atoms with van der Waals surface area (Å²) >= 11 is 7.42. The van der Waals surface area contributed by atoms with Crippen molar-refractivity contribution < 1.29 is 0 Å². The Labute approximate surface area is 133 Å². The van der Waals surface area contributed by atoms with E-state index in [9.17, 15) is 0 Å². The SMILES string of the molecule is Brc1cc2c3ccccc3c(Br)cc2c2ccccc12. The first-order valence-electron chi connectivity index (χ1n) is 6.44. The van der Waals surface area contributed by atoms with Crippen molar-refractivity contribution in [3.8, 4) is 0 Å². The normalized spacial score (nSPS) is 11.5. The topological polar surface area (TPSA) is 0 Å². The van der Waals surface area contributed by atoms with Crippen molar-refractivity contribution in [2.45, 2.75) is 0 Å². The lowest BCUT2D eigenvalue weighted by atomic mass is 9.97. The van der Waals surface area contributed by atoms with Crippen LogP contribution in [0, 0.1) is 0 Å². The van der Waals surface area contributed by atoms with E-state index in [0.717, 1.165) is 8.95 Å². The maximum absolute atomic E-state index is 3.71. The second kappa shape index (κ2) is 4.57. The van der Waals surface area contributed by atoms with E-state index in [1.54, 1.807) is 0 Å². The van der Waals surface area contributed by atoms with Crippen molar-refractivity contribution in [1.82, 2.24) is 0 Å². The standard InChI is InChI=1S/C18H10Br2/c19-17-10-16-12-6-2-4-8-14(12)18(20)9-15(16)11-5-1-3-7-13(11)17/h1-10H. The molecule has 0 atom stereocenters. The molecule has 4 aromatic carbocycles. The third-order valence-electron chi connectivity index (χ3n) is 3.78. The highest BCUT2D eigenvalue weighted by Gasteiger charge is 2.09. The Kier molecular flexibility index (Phi) is 2.83. The minimum absolute atomic E-state index is 1.15. The maximum atomic E-state index is 3.71. The van der Waals surface area contributed by atoms with E-state index in [1.165, 1.54) is 32.3 Å². The highest BCUT2D eigenvalue weighted by atomic mass is 79.9. The Morgan fingerprint density at radius 1 is 0.450 bits per heavy atom. The summed E-state index contributed by atoms with van der Waals surface area (Å²) in [6.07, 6.45) is 0. The molecular formula is C18H10Br2. The number of rotatable bonds is 0. The van der Waals surface area contributed by atoms with Crippen LogP contribution in [0.1, 0.15) is 0 Å². The Hall–Kier alpha value is -1.38. The highest BCUT2D eigenvalue weighted by molar-refractivity contribution is 9.11. The largest absolute Gasteiger partial charge is 0.0616 e. The zero-order valence-corrected chi connectivity index (χ0v) is 13.7. The van der Waals surface area contributed by atoms with Gasteiger partial charge >= 0.3 is 0 Å². The van der Waals surface area contributed by atoms with Crippen LogP contribution in [-0.2, 0) is 0 Å². The van der Waals surface area contributed by atoms with Gasteiger partial charge in [0.15, 0.2) is 0 Å². The van der Waals surface area contributed by atoms with Crippen molar-refractivity contribution in [3.63, 3.8) is 0 Å². The van der Waals surface area contributed by atoms with Crippen LogP contribution < -0.4 is 0 Å². The molecule has 20 heavy (non-hydrogen) atoms. The predicted molar refractivity (Wildman–Crippen MR) is 94.4 cm³/mol. The summed E-state index contributed by atoms with van der Waals surface area (Å²) in [4.78, 5) is 0. The summed E-state index contributed by atoms with van der Waals surface area (Å²) in [6, 6.07) is 21.5. The zero-order valence-electron chi connectivity index (χ0n) is 10.5. The quantitative estimate of drug-likeness (QED) is 0.296. The van der Waals surface area contributed by atoms with E-state index >= 15 is 0 Å². The summed E-state index contributed by atoms with van der Waals surface area (Å²) in [6.45, 7) is 0. The van der Waals surface area contributed by atoms with Gasteiger partial charge in [-0.15, -0.1) is 0 Å². The molecule has 0 unspecified atom stereocenters. The molecule has 2 heteroatoms. The van der Waals surface area contributed by atoms with Gasteiger partial charge in [-0.2, -0.15) is 0 Å². The van der Waals surface area contributed by atoms with Gasteiger partial charge in [0.05, 0.1) is 0 Å². The van der Waals surface area contributed by atoms with Crippen LogP contribution in [-0.4, -0.2) is 0 Å². The van der Waals surface area contributed by atoms with Gasteiger partial charge in [-0.25, -0.2) is 0 Å². The molecule has 0 aliphatic carbocycles. The van der Waals surface area contributed by atoms with Gasteiger partial charge in [0.25, 0.3) is 0 Å². The highest BCUT2D eigenvalue weighted by Crippen LogP contribution is 2.38. The van der Waals surface area contributed by atoms with Crippen molar-refractivity contribution in [3.05, 3.63) is 69.6 Å². The van der Waals surface area contributed by atoms with Crippen LogP contribution in [0.5, 0.6) is 0 Å². The third kappa shape index (κ3) is 1.72. The molecule has 0 aromatic heterocycles. The lowest BCUT2D eigenvalue weighted by Crippen LogP contribution is -1.83. The molecule has 4 aromatic rings. The molecule has 0 spiro atoms. The number of benzene rings is 4. The fourth-order valence-electron chi connectivity index (χ4n) is 2.86. The molecule has 0 saturated carbocycles. The van der Waals surface area contributed by atoms with E-state index in [1.807, 2.05) is 0 Å². The zero-order chi connectivity index (χ0) is 13.7. The average molecular weight is 386 g/mol. The van der Waals surface area contributed by atoms with Gasteiger partial charge < -0.3 is 0 Å². The Bertz CT molecular complexity index is 890. The average Bonchev–Trinajstić information content (AvgIpc) is 2.49. The number of hydrogen-bond acceptors (Lipinski definition) is 0. The second-order valence-electron chi connectivity index (χ2n) is 4.90. The first kappa shape index (κ1) is 12.4. The van der Waals surface area contributed by atoms with Crippen LogP contribution in [0.15, 0.2) is 69.6 Å². The van der Waals surface area contributed by atoms with Gasteiger partial charge in [0.1, 0.15) is 0 Å². The van der Waals surface area contributed by atoms with Crippen LogP contribution in [0.25, 0.3) is 32.3 Å². The molecule has 0 saturated heterocycles. The molecule has 0 heterocycles. The van der Waals surface area contributed by atoms with Gasteiger partial charge in [-0.1, -0.05) is 80.4 Å². The molecule has 0 aliphatic rings. The van der Waals surface area contributed by atoms with Crippen molar-refractivity contribution in [2.75, 3.05) is 0 Å². The predicted octanol–water partition coefficient (Wildman–Crippen LogP) is 6.67. The molecule has 0 N–H and O–H groups in total. The first-order valence-corrected chi connectivity index (χ1v) is 8.02. The number of hydrogen-bond donors (Lipinski definition) is 0. The lowest BCUT2D eigenvalue weighted by molar-refractivity contribution is 1.73. The van der Waals surface area contributed by atoms with Crippen LogP contribution in [0.3, 0.4) is 0 Å². The van der Waals surface area contributed by atoms with E-state index in [0.29, 0.717) is 0 Å². The minimum atomic E-state index is 1.15. The van der Waals surface area contributed by atoms with Gasteiger partial charge in [-0.05, 0) is 44.5 Å². The van der Waals surface area contributed by atoms with Crippen LogP contribution >= 0.6 is 31.9 Å². The summed E-state index contributed by atoms with van der Waals surface area (Å²) in [5.41, 5.74) is 0. The molecular weight excluding hydrogens is 376 g/mol. The second-order valence-corrected chi connectivity index (χ2v) is 6.61. The van der Waals surface area contributed by atoms with Gasteiger partial charge in [0, 0.05) is 8.95 Å². The Morgan fingerprint density at radius 3 is 1.20 bits per heavy atom. The van der Waals surface area contributed by atoms with Crippen molar-refractivity contribution in [2.24, 2.45) is 0 Å². The van der Waals surface area contributed by atoms with Crippen LogP contribution in [0.2, 0.25) is 0 Å². The fraction of sp³-hybridized carbons (Fsp3) is 0. The summed E-state index contributed by atoms with van der Waals surface area (Å²) < 4.78 is 2.29. The molecule has 4 rings (SSSR count). The Morgan fingerprint density at radius 2 is 0.800 bits per heavy atom.